The Morgan fingerprint density at radius 3 is 2.12 bits per heavy atom. The molecule has 41 heavy (non-hydrogen) atoms. The number of anilines is 2. The Hall–Kier alpha value is -3.90. The van der Waals surface area contributed by atoms with E-state index in [2.05, 4.69) is 21.6 Å². The molecule has 216 valence electrons. The van der Waals surface area contributed by atoms with E-state index in [-0.39, 0.29) is 35.7 Å². The van der Waals surface area contributed by atoms with Gasteiger partial charge in [-0.3, -0.25) is 14.4 Å². The first-order valence-electron chi connectivity index (χ1n) is 15.0. The van der Waals surface area contributed by atoms with E-state index in [1.807, 2.05) is 11.0 Å². The fraction of sp³-hybridized carbons (Fsp3) is 0.500. The summed E-state index contributed by atoms with van der Waals surface area (Å²) in [6.45, 7) is 2.55. The van der Waals surface area contributed by atoms with Crippen molar-refractivity contribution < 1.29 is 14.4 Å². The molecule has 3 fully saturated rings. The zero-order chi connectivity index (χ0) is 28.8. The number of carbonyl (C=O) groups is 3. The van der Waals surface area contributed by atoms with Crippen LogP contribution in [-0.2, 0) is 4.79 Å². The van der Waals surface area contributed by atoms with Gasteiger partial charge in [0.25, 0.3) is 11.8 Å². The van der Waals surface area contributed by atoms with Crippen LogP contribution in [0.15, 0.2) is 42.5 Å². The van der Waals surface area contributed by atoms with Gasteiger partial charge in [0.2, 0.25) is 5.91 Å². The minimum atomic E-state index is -0.319. The molecule has 2 aromatic carbocycles. The summed E-state index contributed by atoms with van der Waals surface area (Å²) in [5, 5.41) is 15.2. The second kappa shape index (κ2) is 13.2. The van der Waals surface area contributed by atoms with Gasteiger partial charge in [-0.1, -0.05) is 19.3 Å². The molecule has 2 saturated carbocycles. The number of amides is 3. The van der Waals surface area contributed by atoms with E-state index < -0.39 is 0 Å². The standard InChI is InChI=1S/C32H40N6O3/c33-21-22-6-8-23(9-7-22)30(39)36-28-20-25(31(40)35-27-13-11-26(34)12-14-27)10-15-29(28)37-16-18-38(19-17-37)32(41)24-4-2-1-3-5-24/h6-10,15,20,24,26-27H,1-5,11-14,16-19,34H2,(H,35,40)(H,36,39). The van der Waals surface area contributed by atoms with Crippen LogP contribution >= 0.6 is 0 Å². The SMILES string of the molecule is N#Cc1ccc(C(=O)Nc2cc(C(=O)NC3CCC(N)CC3)ccc2N2CCN(C(=O)C3CCCCC3)CC2)cc1. The van der Waals surface area contributed by atoms with Crippen molar-refractivity contribution in [2.45, 2.75) is 69.9 Å². The number of hydrogen-bond acceptors (Lipinski definition) is 6. The number of hydrogen-bond donors (Lipinski definition) is 3. The van der Waals surface area contributed by atoms with Crippen molar-refractivity contribution in [3.05, 3.63) is 59.2 Å². The number of nitrogens with two attached hydrogens (primary N) is 1. The normalized spacial score (nSPS) is 21.6. The molecular formula is C32H40N6O3. The van der Waals surface area contributed by atoms with Crippen LogP contribution in [0.25, 0.3) is 0 Å². The molecule has 1 heterocycles. The summed E-state index contributed by atoms with van der Waals surface area (Å²) in [5.74, 6) is -0.0703. The van der Waals surface area contributed by atoms with Gasteiger partial charge in [0.15, 0.2) is 0 Å². The third-order valence-electron chi connectivity index (χ3n) is 8.78. The Balaban J connectivity index is 1.32. The van der Waals surface area contributed by atoms with Crippen LogP contribution in [-0.4, -0.2) is 60.9 Å². The topological polar surface area (TPSA) is 132 Å². The maximum Gasteiger partial charge on any atom is 0.255 e. The summed E-state index contributed by atoms with van der Waals surface area (Å²) in [6.07, 6.45) is 8.96. The number of piperazine rings is 1. The summed E-state index contributed by atoms with van der Waals surface area (Å²) in [4.78, 5) is 43.6. The van der Waals surface area contributed by atoms with Crippen molar-refractivity contribution >= 4 is 29.1 Å². The van der Waals surface area contributed by atoms with E-state index in [9.17, 15) is 14.4 Å². The van der Waals surface area contributed by atoms with Crippen LogP contribution in [0.1, 0.15) is 84.1 Å². The molecule has 0 spiro atoms. The predicted octanol–water partition coefficient (Wildman–Crippen LogP) is 4.04. The molecule has 0 radical (unpaired) electrons. The van der Waals surface area contributed by atoms with Crippen LogP contribution in [0.2, 0.25) is 0 Å². The van der Waals surface area contributed by atoms with Gasteiger partial charge in [0, 0.05) is 55.3 Å². The molecule has 0 aromatic heterocycles. The van der Waals surface area contributed by atoms with Crippen molar-refractivity contribution in [3.8, 4) is 6.07 Å². The lowest BCUT2D eigenvalue weighted by Crippen LogP contribution is -2.50. The minimum Gasteiger partial charge on any atom is -0.366 e. The third-order valence-corrected chi connectivity index (χ3v) is 8.78. The Kier molecular flexibility index (Phi) is 9.20. The lowest BCUT2D eigenvalue weighted by atomic mass is 9.88. The maximum atomic E-state index is 13.2. The Morgan fingerprint density at radius 1 is 0.805 bits per heavy atom. The molecular weight excluding hydrogens is 516 g/mol. The Morgan fingerprint density at radius 2 is 1.46 bits per heavy atom. The van der Waals surface area contributed by atoms with Crippen molar-refractivity contribution in [2.75, 3.05) is 36.4 Å². The highest BCUT2D eigenvalue weighted by molar-refractivity contribution is 6.07. The molecule has 3 amide bonds. The molecule has 0 atom stereocenters. The smallest absolute Gasteiger partial charge is 0.255 e. The molecule has 3 aliphatic rings. The summed E-state index contributed by atoms with van der Waals surface area (Å²) in [5.41, 5.74) is 8.76. The number of rotatable bonds is 6. The highest BCUT2D eigenvalue weighted by Crippen LogP contribution is 2.31. The molecule has 5 rings (SSSR count). The van der Waals surface area contributed by atoms with E-state index in [1.165, 1.54) is 6.42 Å². The van der Waals surface area contributed by atoms with E-state index in [0.717, 1.165) is 57.1 Å². The van der Waals surface area contributed by atoms with Crippen LogP contribution in [0, 0.1) is 17.2 Å². The van der Waals surface area contributed by atoms with Crippen molar-refractivity contribution in [2.24, 2.45) is 11.7 Å². The summed E-state index contributed by atoms with van der Waals surface area (Å²) in [6, 6.07) is 14.2. The first-order valence-corrected chi connectivity index (χ1v) is 15.0. The maximum absolute atomic E-state index is 13.2. The van der Waals surface area contributed by atoms with E-state index >= 15 is 0 Å². The Labute approximate surface area is 242 Å². The fourth-order valence-corrected chi connectivity index (χ4v) is 6.25. The van der Waals surface area contributed by atoms with Crippen LogP contribution in [0.5, 0.6) is 0 Å². The highest BCUT2D eigenvalue weighted by Gasteiger charge is 2.29. The number of nitrogens with zero attached hydrogens (tertiary/aromatic N) is 3. The van der Waals surface area contributed by atoms with Gasteiger partial charge >= 0.3 is 0 Å². The average molecular weight is 557 g/mol. The monoisotopic (exact) mass is 556 g/mol. The second-order valence-electron chi connectivity index (χ2n) is 11.6. The summed E-state index contributed by atoms with van der Waals surface area (Å²) >= 11 is 0. The molecule has 9 heteroatoms. The second-order valence-corrected chi connectivity index (χ2v) is 11.6. The van der Waals surface area contributed by atoms with Gasteiger partial charge in [-0.05, 0) is 81.0 Å². The number of nitriles is 1. The van der Waals surface area contributed by atoms with Gasteiger partial charge in [0.1, 0.15) is 0 Å². The largest absolute Gasteiger partial charge is 0.366 e. The zero-order valence-electron chi connectivity index (χ0n) is 23.6. The minimum absolute atomic E-state index is 0.0912. The Bertz CT molecular complexity index is 1280. The lowest BCUT2D eigenvalue weighted by Gasteiger charge is -2.39. The van der Waals surface area contributed by atoms with Crippen LogP contribution < -0.4 is 21.3 Å². The third kappa shape index (κ3) is 7.06. The van der Waals surface area contributed by atoms with Crippen molar-refractivity contribution in [3.63, 3.8) is 0 Å². The van der Waals surface area contributed by atoms with Crippen LogP contribution in [0.4, 0.5) is 11.4 Å². The molecule has 9 nitrogen and oxygen atoms in total. The van der Waals surface area contributed by atoms with Gasteiger partial charge in [-0.2, -0.15) is 5.26 Å². The molecule has 2 aliphatic carbocycles. The molecule has 2 aromatic rings. The van der Waals surface area contributed by atoms with Gasteiger partial charge in [-0.25, -0.2) is 0 Å². The van der Waals surface area contributed by atoms with Gasteiger partial charge in [0.05, 0.1) is 23.0 Å². The number of benzene rings is 2. The van der Waals surface area contributed by atoms with E-state index in [1.54, 1.807) is 36.4 Å². The van der Waals surface area contributed by atoms with E-state index in [4.69, 9.17) is 11.0 Å². The van der Waals surface area contributed by atoms with Crippen molar-refractivity contribution in [1.82, 2.24) is 10.2 Å². The van der Waals surface area contributed by atoms with E-state index in [0.29, 0.717) is 48.6 Å². The molecule has 1 saturated heterocycles. The highest BCUT2D eigenvalue weighted by atomic mass is 16.2. The predicted molar refractivity (Wildman–Crippen MR) is 159 cm³/mol. The zero-order valence-corrected chi connectivity index (χ0v) is 23.6. The number of nitrogens with one attached hydrogen (secondary N) is 2. The first kappa shape index (κ1) is 28.6. The quantitative estimate of drug-likeness (QED) is 0.492. The van der Waals surface area contributed by atoms with Crippen LogP contribution in [0.3, 0.4) is 0 Å². The molecule has 1 aliphatic heterocycles. The van der Waals surface area contributed by atoms with Crippen molar-refractivity contribution in [1.29, 1.82) is 5.26 Å². The number of carbonyl (C=O) groups excluding carboxylic acids is 3. The summed E-state index contributed by atoms with van der Waals surface area (Å²) in [7, 11) is 0. The van der Waals surface area contributed by atoms with Gasteiger partial charge in [-0.15, -0.1) is 0 Å². The average Bonchev–Trinajstić information content (AvgIpc) is 3.02. The molecule has 4 N–H and O–H groups in total. The first-order chi connectivity index (χ1) is 19.9. The van der Waals surface area contributed by atoms with Gasteiger partial charge < -0.3 is 26.2 Å². The lowest BCUT2D eigenvalue weighted by molar-refractivity contribution is -0.136. The fourth-order valence-electron chi connectivity index (χ4n) is 6.25. The summed E-state index contributed by atoms with van der Waals surface area (Å²) < 4.78 is 0. The molecule has 0 unspecified atom stereocenters. The molecule has 0 bridgehead atoms.